The van der Waals surface area contributed by atoms with E-state index in [9.17, 15) is 14.0 Å². The molecule has 0 bridgehead atoms. The van der Waals surface area contributed by atoms with Gasteiger partial charge in [0.15, 0.2) is 6.61 Å². The zero-order chi connectivity index (χ0) is 19.2. The second-order valence-electron chi connectivity index (χ2n) is 7.48. The fourth-order valence-electron chi connectivity index (χ4n) is 4.12. The van der Waals surface area contributed by atoms with Crippen LogP contribution in [0.4, 0.5) is 4.39 Å². The number of likely N-dealkylation sites (tertiary alicyclic amines) is 1. The molecule has 3 rings (SSSR count). The van der Waals surface area contributed by atoms with Gasteiger partial charge in [-0.1, -0.05) is 12.8 Å². The Morgan fingerprint density at radius 2 is 1.93 bits per heavy atom. The highest BCUT2D eigenvalue weighted by Crippen LogP contribution is 2.28. The van der Waals surface area contributed by atoms with E-state index in [4.69, 9.17) is 4.74 Å². The third-order valence-corrected chi connectivity index (χ3v) is 5.47. The van der Waals surface area contributed by atoms with Crippen LogP contribution in [-0.2, 0) is 9.59 Å². The Morgan fingerprint density at radius 1 is 1.22 bits per heavy atom. The lowest BCUT2D eigenvalue weighted by molar-refractivity contribution is -0.125. The van der Waals surface area contributed by atoms with Crippen molar-refractivity contribution in [2.24, 2.45) is 5.92 Å². The fraction of sp³-hybridized carbons (Fsp3) is 0.600. The molecule has 1 saturated carbocycles. The first kappa shape index (κ1) is 19.6. The van der Waals surface area contributed by atoms with E-state index >= 15 is 0 Å². The van der Waals surface area contributed by atoms with Gasteiger partial charge >= 0.3 is 0 Å². The summed E-state index contributed by atoms with van der Waals surface area (Å²) in [6, 6.07) is 5.29. The van der Waals surface area contributed by atoms with Crippen molar-refractivity contribution in [3.8, 4) is 5.75 Å². The van der Waals surface area contributed by atoms with Gasteiger partial charge in [0, 0.05) is 26.2 Å². The molecule has 0 spiro atoms. The molecule has 2 atom stereocenters. The molecule has 0 radical (unpaired) electrons. The van der Waals surface area contributed by atoms with Gasteiger partial charge in [-0.25, -0.2) is 4.39 Å². The van der Waals surface area contributed by atoms with Crippen LogP contribution in [0.1, 0.15) is 32.1 Å². The summed E-state index contributed by atoms with van der Waals surface area (Å²) in [5.74, 6) is 0.521. The normalized spacial score (nSPS) is 23.3. The number of hydrogen-bond donors (Lipinski definition) is 2. The number of carbonyl (C=O) groups is 2. The largest absolute Gasteiger partial charge is 0.484 e. The van der Waals surface area contributed by atoms with Crippen LogP contribution in [0.3, 0.4) is 0 Å². The Bertz CT molecular complexity index is 646. The molecule has 0 aromatic heterocycles. The predicted molar refractivity (Wildman–Crippen MR) is 99.8 cm³/mol. The number of nitrogens with zero attached hydrogens (tertiary/aromatic N) is 1. The van der Waals surface area contributed by atoms with Crippen molar-refractivity contribution in [2.75, 3.05) is 26.7 Å². The van der Waals surface area contributed by atoms with Crippen molar-refractivity contribution in [1.29, 1.82) is 0 Å². The van der Waals surface area contributed by atoms with Gasteiger partial charge in [-0.2, -0.15) is 0 Å². The van der Waals surface area contributed by atoms with Crippen LogP contribution in [-0.4, -0.2) is 55.5 Å². The minimum Gasteiger partial charge on any atom is -0.484 e. The third kappa shape index (κ3) is 5.42. The number of nitrogens with one attached hydrogen (secondary N) is 2. The lowest BCUT2D eigenvalue weighted by Crippen LogP contribution is -2.43. The molecular formula is C20H28FN3O3. The number of benzene rings is 1. The zero-order valence-corrected chi connectivity index (χ0v) is 15.7. The van der Waals surface area contributed by atoms with Crippen LogP contribution < -0.4 is 15.4 Å². The molecule has 0 unspecified atom stereocenters. The van der Waals surface area contributed by atoms with E-state index < -0.39 is 0 Å². The molecule has 27 heavy (non-hydrogen) atoms. The Morgan fingerprint density at radius 3 is 2.59 bits per heavy atom. The van der Waals surface area contributed by atoms with Gasteiger partial charge in [-0.3, -0.25) is 14.5 Å². The number of likely N-dealkylation sites (N-methyl/N-ethyl adjacent to an activating group) is 1. The monoisotopic (exact) mass is 377 g/mol. The maximum Gasteiger partial charge on any atom is 0.258 e. The molecular weight excluding hydrogens is 349 g/mol. The number of hydrogen-bond acceptors (Lipinski definition) is 4. The highest BCUT2D eigenvalue weighted by atomic mass is 19.1. The van der Waals surface area contributed by atoms with Crippen molar-refractivity contribution in [1.82, 2.24) is 15.5 Å². The van der Waals surface area contributed by atoms with Gasteiger partial charge in [0.25, 0.3) is 5.91 Å². The second kappa shape index (κ2) is 9.17. The summed E-state index contributed by atoms with van der Waals surface area (Å²) >= 11 is 0. The van der Waals surface area contributed by atoms with Crippen LogP contribution in [0.25, 0.3) is 0 Å². The van der Waals surface area contributed by atoms with E-state index in [0.29, 0.717) is 24.6 Å². The van der Waals surface area contributed by atoms with Crippen molar-refractivity contribution >= 4 is 11.8 Å². The van der Waals surface area contributed by atoms with Crippen molar-refractivity contribution < 1.29 is 18.7 Å². The minimum atomic E-state index is -0.347. The summed E-state index contributed by atoms with van der Waals surface area (Å²) in [7, 11) is 1.65. The lowest BCUT2D eigenvalue weighted by Gasteiger charge is -2.25. The topological polar surface area (TPSA) is 70.7 Å². The summed E-state index contributed by atoms with van der Waals surface area (Å²) in [5, 5.41) is 5.70. The van der Waals surface area contributed by atoms with E-state index in [1.165, 1.54) is 49.9 Å². The molecule has 2 fully saturated rings. The van der Waals surface area contributed by atoms with E-state index in [0.717, 1.165) is 6.54 Å². The summed E-state index contributed by atoms with van der Waals surface area (Å²) < 4.78 is 18.3. The maximum absolute atomic E-state index is 12.9. The van der Waals surface area contributed by atoms with Crippen LogP contribution in [0.2, 0.25) is 0 Å². The van der Waals surface area contributed by atoms with Crippen LogP contribution >= 0.6 is 0 Å². The molecule has 148 valence electrons. The number of amides is 2. The maximum atomic E-state index is 12.9. The van der Waals surface area contributed by atoms with E-state index in [1.54, 1.807) is 7.05 Å². The summed E-state index contributed by atoms with van der Waals surface area (Å²) in [6.07, 6.45) is 5.59. The van der Waals surface area contributed by atoms with E-state index in [2.05, 4.69) is 15.5 Å². The number of ether oxygens (including phenoxy) is 1. The van der Waals surface area contributed by atoms with Crippen molar-refractivity contribution in [2.45, 2.75) is 44.2 Å². The first-order valence-corrected chi connectivity index (χ1v) is 9.68. The lowest BCUT2D eigenvalue weighted by atomic mass is 10.1. The standard InChI is InChI=1S/C20H28FN3O3/c1-22-20(26)18-10-16(12-24(18)11-14-4-2-3-5-14)23-19(25)13-27-17-8-6-15(21)7-9-17/h6-9,14,16,18H,2-5,10-13H2,1H3,(H,22,26)(H,23,25)/t16-,18+/m1/s1. The number of rotatable bonds is 7. The fourth-order valence-corrected chi connectivity index (χ4v) is 4.12. The zero-order valence-electron chi connectivity index (χ0n) is 15.7. The van der Waals surface area contributed by atoms with Gasteiger partial charge in [-0.15, -0.1) is 0 Å². The first-order chi connectivity index (χ1) is 13.0. The van der Waals surface area contributed by atoms with Crippen molar-refractivity contribution in [3.63, 3.8) is 0 Å². The van der Waals surface area contributed by atoms with Gasteiger partial charge in [0.05, 0.1) is 6.04 Å². The Balaban J connectivity index is 1.50. The molecule has 7 heteroatoms. The molecule has 1 heterocycles. The van der Waals surface area contributed by atoms with E-state index in [-0.39, 0.29) is 36.3 Å². The predicted octanol–water partition coefficient (Wildman–Crippen LogP) is 1.70. The van der Waals surface area contributed by atoms with Crippen LogP contribution in [0, 0.1) is 11.7 Å². The van der Waals surface area contributed by atoms with Gasteiger partial charge in [-0.05, 0) is 49.4 Å². The molecule has 1 aromatic rings. The quantitative estimate of drug-likeness (QED) is 0.759. The highest BCUT2D eigenvalue weighted by molar-refractivity contribution is 5.82. The number of halogens is 1. The van der Waals surface area contributed by atoms with Crippen molar-refractivity contribution in [3.05, 3.63) is 30.1 Å². The summed E-state index contributed by atoms with van der Waals surface area (Å²) in [4.78, 5) is 26.7. The second-order valence-corrected chi connectivity index (χ2v) is 7.48. The van der Waals surface area contributed by atoms with Gasteiger partial charge in [0.2, 0.25) is 5.91 Å². The van der Waals surface area contributed by atoms with Crippen LogP contribution in [0.5, 0.6) is 5.75 Å². The average Bonchev–Trinajstić information content (AvgIpc) is 3.31. The van der Waals surface area contributed by atoms with Gasteiger partial charge < -0.3 is 15.4 Å². The molecule has 1 saturated heterocycles. The van der Waals surface area contributed by atoms with Crippen LogP contribution in [0.15, 0.2) is 24.3 Å². The number of carbonyl (C=O) groups excluding carboxylic acids is 2. The summed E-state index contributed by atoms with van der Waals surface area (Å²) in [6.45, 7) is 1.46. The molecule has 1 aliphatic heterocycles. The molecule has 1 aliphatic carbocycles. The summed E-state index contributed by atoms with van der Waals surface area (Å²) in [5.41, 5.74) is 0. The van der Waals surface area contributed by atoms with Gasteiger partial charge in [0.1, 0.15) is 11.6 Å². The highest BCUT2D eigenvalue weighted by Gasteiger charge is 2.38. The Hall–Kier alpha value is -2.15. The first-order valence-electron chi connectivity index (χ1n) is 9.68. The smallest absolute Gasteiger partial charge is 0.258 e. The third-order valence-electron chi connectivity index (χ3n) is 5.47. The molecule has 6 nitrogen and oxygen atoms in total. The Kier molecular flexibility index (Phi) is 6.66. The molecule has 1 aromatic carbocycles. The average molecular weight is 377 g/mol. The Labute approximate surface area is 159 Å². The minimum absolute atomic E-state index is 0.00677. The van der Waals surface area contributed by atoms with E-state index in [1.807, 2.05) is 0 Å². The SMILES string of the molecule is CNC(=O)[C@@H]1C[C@@H](NC(=O)COc2ccc(F)cc2)CN1CC1CCCC1. The molecule has 2 aliphatic rings. The molecule has 2 amide bonds. The molecule has 2 N–H and O–H groups in total.